The van der Waals surface area contributed by atoms with Crippen LogP contribution in [0.1, 0.15) is 24.7 Å². The van der Waals surface area contributed by atoms with E-state index in [9.17, 15) is 4.11 Å². The van der Waals surface area contributed by atoms with Crippen molar-refractivity contribution in [3.63, 3.8) is 0 Å². The third-order valence-corrected chi connectivity index (χ3v) is 8.72. The lowest BCUT2D eigenvalue weighted by atomic mass is 9.84. The van der Waals surface area contributed by atoms with Crippen molar-refractivity contribution in [2.24, 2.45) is 0 Å². The second kappa shape index (κ2) is 11.1. The Morgan fingerprint density at radius 3 is 1.71 bits per heavy atom. The van der Waals surface area contributed by atoms with Gasteiger partial charge in [-0.1, -0.05) is 157 Å². The van der Waals surface area contributed by atoms with E-state index in [1.54, 1.807) is 36.4 Å². The van der Waals surface area contributed by atoms with Crippen molar-refractivity contribution in [3.05, 3.63) is 182 Å². The van der Waals surface area contributed by atoms with E-state index in [-0.39, 0.29) is 55.9 Å². The highest BCUT2D eigenvalue weighted by molar-refractivity contribution is 6.25. The lowest BCUT2D eigenvalue weighted by Gasteiger charge is -2.18. The zero-order valence-electron chi connectivity index (χ0n) is 43.3. The highest BCUT2D eigenvalue weighted by Crippen LogP contribution is 2.47. The van der Waals surface area contributed by atoms with E-state index < -0.39 is 108 Å². The second-order valence-corrected chi connectivity index (χ2v) is 11.4. The normalized spacial score (nSPS) is 16.8. The summed E-state index contributed by atoms with van der Waals surface area (Å²) in [5, 5.41) is 2.00. The topological polar surface area (TPSA) is 13.1 Å². The number of rotatable bonds is 4. The summed E-state index contributed by atoms with van der Waals surface area (Å²) in [6.07, 6.45) is 0. The van der Waals surface area contributed by atoms with Crippen LogP contribution >= 0.6 is 0 Å². The average Bonchev–Trinajstić information content (AvgIpc) is 3.73. The number of fused-ring (bicyclic) bond motifs is 6. The van der Waals surface area contributed by atoms with Gasteiger partial charge in [0.05, 0.1) is 24.7 Å². The first-order valence-corrected chi connectivity index (χ1v) is 15.4. The summed E-state index contributed by atoms with van der Waals surface area (Å²) in [4.78, 5) is 0. The molecule has 0 atom stereocenters. The van der Waals surface area contributed by atoms with Crippen LogP contribution in [0.5, 0.6) is 0 Å². The third kappa shape index (κ3) is 4.47. The van der Waals surface area contributed by atoms with Crippen LogP contribution in [0.15, 0.2) is 186 Å². The zero-order chi connectivity index (χ0) is 48.0. The molecule has 228 valence electrons. The molecule has 10 aromatic rings. The van der Waals surface area contributed by atoms with Crippen molar-refractivity contribution in [2.75, 3.05) is 0 Å². The van der Waals surface area contributed by atoms with Gasteiger partial charge >= 0.3 is 0 Å². The molecule has 9 aromatic carbocycles. The Kier molecular flexibility index (Phi) is 3.43. The molecule has 0 bridgehead atoms. The molecule has 0 N–H and O–H groups in total. The van der Waals surface area contributed by atoms with Crippen LogP contribution in [-0.2, 0) is 0 Å². The molecule has 0 spiro atoms. The Morgan fingerprint density at radius 2 is 0.980 bits per heavy atom. The smallest absolute Gasteiger partial charge is 0.136 e. The molecule has 0 aliphatic rings. The van der Waals surface area contributed by atoms with Crippen molar-refractivity contribution in [2.45, 2.75) is 0 Å². The van der Waals surface area contributed by atoms with Gasteiger partial charge in [-0.15, -0.1) is 0 Å². The molecule has 10 rings (SSSR count). The summed E-state index contributed by atoms with van der Waals surface area (Å²) >= 11 is 0. The first kappa shape index (κ1) is 15.2. The molecule has 1 heteroatoms. The first-order valence-electron chi connectivity index (χ1n) is 24.4. The predicted octanol–water partition coefficient (Wildman–Crippen LogP) is 13.7. The molecular weight excluding hydrogens is 593 g/mol. The summed E-state index contributed by atoms with van der Waals surface area (Å²) in [6.45, 7) is 0. The molecule has 0 radical (unpaired) electrons. The van der Waals surface area contributed by atoms with Crippen LogP contribution < -0.4 is 0 Å². The summed E-state index contributed by atoms with van der Waals surface area (Å²) < 4.78 is 163. The quantitative estimate of drug-likeness (QED) is 0.174. The fourth-order valence-electron chi connectivity index (χ4n) is 6.57. The maximum atomic E-state index is 9.47. The minimum Gasteiger partial charge on any atom is -0.456 e. The van der Waals surface area contributed by atoms with Crippen LogP contribution in [0.25, 0.3) is 98.8 Å². The predicted molar refractivity (Wildman–Crippen MR) is 208 cm³/mol. The fourth-order valence-corrected chi connectivity index (χ4v) is 6.57. The van der Waals surface area contributed by atoms with Crippen molar-refractivity contribution in [3.8, 4) is 44.5 Å². The van der Waals surface area contributed by atoms with Gasteiger partial charge in [-0.25, -0.2) is 0 Å². The Labute approximate surface area is 309 Å². The molecule has 0 saturated carbocycles. The van der Waals surface area contributed by atoms with Crippen molar-refractivity contribution in [1.29, 1.82) is 0 Å². The van der Waals surface area contributed by atoms with Gasteiger partial charge in [0.2, 0.25) is 0 Å². The molecule has 0 amide bonds. The van der Waals surface area contributed by atoms with E-state index in [0.717, 1.165) is 5.56 Å². The maximum absolute atomic E-state index is 9.47. The molecular formula is C48H30O. The first-order chi connectivity index (χ1) is 31.8. The van der Waals surface area contributed by atoms with E-state index in [4.69, 9.17) is 25.0 Å². The fraction of sp³-hybridized carbons (Fsp3) is 0. The lowest BCUT2D eigenvalue weighted by Crippen LogP contribution is -1.91. The molecule has 0 saturated heterocycles. The van der Waals surface area contributed by atoms with Gasteiger partial charge < -0.3 is 4.42 Å². The van der Waals surface area contributed by atoms with E-state index in [2.05, 4.69) is 0 Å². The van der Waals surface area contributed by atoms with Gasteiger partial charge in [0.15, 0.2) is 0 Å². The monoisotopic (exact) mass is 640 g/mol. The summed E-state index contributed by atoms with van der Waals surface area (Å²) in [5.74, 6) is 0. The minimum atomic E-state index is -0.699. The van der Waals surface area contributed by atoms with Crippen LogP contribution in [0.3, 0.4) is 0 Å². The third-order valence-electron chi connectivity index (χ3n) is 8.72. The molecule has 1 heterocycles. The van der Waals surface area contributed by atoms with E-state index in [1.807, 2.05) is 36.4 Å². The van der Waals surface area contributed by atoms with E-state index >= 15 is 0 Å². The van der Waals surface area contributed by atoms with Gasteiger partial charge in [-0.3, -0.25) is 0 Å². The second-order valence-electron chi connectivity index (χ2n) is 11.4. The Morgan fingerprint density at radius 1 is 0.367 bits per heavy atom. The standard InChI is InChI=1S/C48H30O/c1-2-11-31(12-3-1)37-27-28-42-45(30-37)49-44-20-10-19-43(48(42)44)47-40-17-8-6-15-38(40)46(39-16-7-9-18-41(39)47)34-24-21-33(22-25-34)36-26-23-32-13-4-5-14-35(32)29-36/h1-30H/i1D,2D,3D,4D,5D,10D,11D,12D,13D,14D,19D,20D,23D,26D,27D,28D,29D,30D. The van der Waals surface area contributed by atoms with E-state index in [1.165, 1.54) is 0 Å². The number of benzene rings is 9. The van der Waals surface area contributed by atoms with Crippen LogP contribution in [0.4, 0.5) is 0 Å². The number of hydrogen-bond acceptors (Lipinski definition) is 1. The maximum Gasteiger partial charge on any atom is 0.136 e. The van der Waals surface area contributed by atoms with Gasteiger partial charge in [0, 0.05) is 10.8 Å². The van der Waals surface area contributed by atoms with Crippen molar-refractivity contribution < 1.29 is 29.1 Å². The summed E-state index contributed by atoms with van der Waals surface area (Å²) in [7, 11) is 0. The molecule has 0 aliphatic carbocycles. The molecule has 0 unspecified atom stereocenters. The van der Waals surface area contributed by atoms with E-state index in [0.29, 0.717) is 38.2 Å². The largest absolute Gasteiger partial charge is 0.456 e. The number of furan rings is 1. The minimum absolute atomic E-state index is 0.0134. The molecule has 0 aliphatic heterocycles. The van der Waals surface area contributed by atoms with Crippen LogP contribution in [0.2, 0.25) is 0 Å². The SMILES string of the molecule is [2H]c1c([2H])c([2H])c(-c2c([2H])c([2H])c3c(oc4c([2H])c([2H])c([2H])c(-c5c6ccccc6c(-c6ccc(-c7c([2H])c([2H])c8c([2H])c([2H])c([2H])c([2H])c8c7[2H])cc6)c6ccccc56)c43)c2[2H])c([2H])c1[2H]. The Bertz CT molecular complexity index is 3810. The number of hydrogen-bond donors (Lipinski definition) is 0. The van der Waals surface area contributed by atoms with Crippen molar-refractivity contribution >= 4 is 54.3 Å². The van der Waals surface area contributed by atoms with Crippen molar-refractivity contribution in [1.82, 2.24) is 0 Å². The molecule has 49 heavy (non-hydrogen) atoms. The van der Waals surface area contributed by atoms with Gasteiger partial charge in [0.1, 0.15) is 11.2 Å². The highest BCUT2D eigenvalue weighted by Gasteiger charge is 2.20. The average molecular weight is 641 g/mol. The summed E-state index contributed by atoms with van der Waals surface area (Å²) in [6, 6.07) is 11.6. The van der Waals surface area contributed by atoms with Crippen LogP contribution in [-0.4, -0.2) is 0 Å². The van der Waals surface area contributed by atoms with Crippen LogP contribution in [0, 0.1) is 0 Å². The Hall–Kier alpha value is -6.44. The summed E-state index contributed by atoms with van der Waals surface area (Å²) in [5.41, 5.74) is 0.780. The molecule has 1 nitrogen and oxygen atoms in total. The molecule has 0 fully saturated rings. The van der Waals surface area contributed by atoms with Gasteiger partial charge in [-0.2, -0.15) is 0 Å². The zero-order valence-corrected chi connectivity index (χ0v) is 25.3. The lowest BCUT2D eigenvalue weighted by molar-refractivity contribution is 0.669. The highest BCUT2D eigenvalue weighted by atomic mass is 16.3. The molecule has 1 aromatic heterocycles. The van der Waals surface area contributed by atoms with Gasteiger partial charge in [0.25, 0.3) is 0 Å². The Balaban J connectivity index is 1.25. The van der Waals surface area contributed by atoms with Gasteiger partial charge in [-0.05, 0) is 101 Å².